The minimum absolute atomic E-state index is 0.108. The van der Waals surface area contributed by atoms with Gasteiger partial charge in [0.05, 0.1) is 15.9 Å². The van der Waals surface area contributed by atoms with Gasteiger partial charge in [0.15, 0.2) is 0 Å². The van der Waals surface area contributed by atoms with Crippen molar-refractivity contribution in [3.05, 3.63) is 15.9 Å². The second-order valence-electron chi connectivity index (χ2n) is 4.48. The van der Waals surface area contributed by atoms with Crippen LogP contribution in [-0.4, -0.2) is 16.1 Å². The molecule has 1 fully saturated rings. The molecular weight excluding hydrogens is 256 g/mol. The van der Waals surface area contributed by atoms with E-state index < -0.39 is 0 Å². The molecule has 4 heteroatoms. The van der Waals surface area contributed by atoms with Crippen molar-refractivity contribution in [3.63, 3.8) is 0 Å². The van der Waals surface area contributed by atoms with Crippen LogP contribution < -0.4 is 0 Å². The molecule has 1 heterocycles. The Balaban J connectivity index is 2.27. The summed E-state index contributed by atoms with van der Waals surface area (Å²) in [6.45, 7) is 1.97. The van der Waals surface area contributed by atoms with Gasteiger partial charge in [-0.25, -0.2) is 0 Å². The summed E-state index contributed by atoms with van der Waals surface area (Å²) >= 11 is 3.54. The molecule has 3 nitrogen and oxygen atoms in total. The number of hydrogen-bond donors (Lipinski definition) is 0. The van der Waals surface area contributed by atoms with E-state index in [9.17, 15) is 4.79 Å². The maximum absolute atomic E-state index is 11.1. The molecule has 1 aliphatic carbocycles. The second-order valence-corrected chi connectivity index (χ2v) is 5.27. The lowest BCUT2D eigenvalue weighted by Gasteiger charge is -2.36. The van der Waals surface area contributed by atoms with Crippen LogP contribution in [0.3, 0.4) is 0 Å². The van der Waals surface area contributed by atoms with Gasteiger partial charge in [0.1, 0.15) is 6.29 Å². The highest BCUT2D eigenvalue weighted by molar-refractivity contribution is 9.10. The Morgan fingerprint density at radius 3 is 2.60 bits per heavy atom. The highest BCUT2D eigenvalue weighted by Crippen LogP contribution is 2.42. The van der Waals surface area contributed by atoms with Crippen molar-refractivity contribution in [2.45, 2.75) is 32.6 Å². The fourth-order valence-corrected chi connectivity index (χ4v) is 2.65. The minimum Gasteiger partial charge on any atom is -0.303 e. The number of rotatable bonds is 3. The van der Waals surface area contributed by atoms with Gasteiger partial charge in [0, 0.05) is 18.9 Å². The van der Waals surface area contributed by atoms with Crippen LogP contribution in [0.25, 0.3) is 0 Å². The Bertz CT molecular complexity index is 394. The van der Waals surface area contributed by atoms with E-state index in [0.29, 0.717) is 0 Å². The first-order valence-corrected chi connectivity index (χ1v) is 6.01. The fraction of sp³-hybridized carbons (Fsp3) is 0.636. The van der Waals surface area contributed by atoms with Gasteiger partial charge in [0.25, 0.3) is 0 Å². The van der Waals surface area contributed by atoms with Crippen LogP contribution in [0.5, 0.6) is 0 Å². The Morgan fingerprint density at radius 1 is 1.60 bits per heavy atom. The third-order valence-electron chi connectivity index (χ3n) is 3.38. The monoisotopic (exact) mass is 270 g/mol. The Morgan fingerprint density at radius 2 is 2.27 bits per heavy atom. The third kappa shape index (κ3) is 1.75. The Labute approximate surface area is 98.0 Å². The molecule has 0 atom stereocenters. The predicted molar refractivity (Wildman–Crippen MR) is 61.7 cm³/mol. The number of carbonyl (C=O) groups excluding carboxylic acids is 1. The summed E-state index contributed by atoms with van der Waals surface area (Å²) in [5, 5.41) is 4.34. The topological polar surface area (TPSA) is 34.9 Å². The normalized spacial score (nSPS) is 18.6. The zero-order valence-electron chi connectivity index (χ0n) is 9.09. The molecule has 0 unspecified atom stereocenters. The Hall–Kier alpha value is -0.640. The molecule has 0 bridgehead atoms. The van der Waals surface area contributed by atoms with Gasteiger partial charge in [0.2, 0.25) is 0 Å². The van der Waals surface area contributed by atoms with E-state index in [4.69, 9.17) is 0 Å². The zero-order valence-corrected chi connectivity index (χ0v) is 10.7. The lowest BCUT2D eigenvalue weighted by atomic mass is 9.67. The molecule has 0 saturated heterocycles. The number of carbonyl (C=O) groups is 1. The van der Waals surface area contributed by atoms with Crippen LogP contribution in [0.15, 0.2) is 4.47 Å². The fourth-order valence-electron chi connectivity index (χ4n) is 2.17. The molecule has 0 radical (unpaired) electrons. The van der Waals surface area contributed by atoms with E-state index in [1.54, 1.807) is 0 Å². The average molecular weight is 271 g/mol. The first-order chi connectivity index (χ1) is 7.08. The second kappa shape index (κ2) is 3.74. The van der Waals surface area contributed by atoms with E-state index in [1.807, 2.05) is 18.7 Å². The summed E-state index contributed by atoms with van der Waals surface area (Å²) in [6, 6.07) is 0. The quantitative estimate of drug-likeness (QED) is 0.791. The summed E-state index contributed by atoms with van der Waals surface area (Å²) in [4.78, 5) is 11.1. The van der Waals surface area contributed by atoms with E-state index in [0.717, 1.165) is 41.4 Å². The lowest BCUT2D eigenvalue weighted by Crippen LogP contribution is -2.34. The molecule has 1 saturated carbocycles. The number of nitrogens with zero attached hydrogens (tertiary/aromatic N) is 2. The van der Waals surface area contributed by atoms with Crippen molar-refractivity contribution in [3.8, 4) is 0 Å². The van der Waals surface area contributed by atoms with Crippen LogP contribution in [0.1, 0.15) is 30.7 Å². The molecular formula is C11H15BrN2O. The standard InChI is InChI=1S/C11H15BrN2O/c1-8-10(12)9(14(2)13-8)6-11(7-15)4-3-5-11/h7H,3-6H2,1-2H3. The first kappa shape index (κ1) is 10.9. The van der Waals surface area contributed by atoms with Crippen molar-refractivity contribution in [1.82, 2.24) is 9.78 Å². The number of aldehydes is 1. The van der Waals surface area contributed by atoms with Crippen LogP contribution in [0, 0.1) is 12.3 Å². The number of hydrogen-bond acceptors (Lipinski definition) is 2. The van der Waals surface area contributed by atoms with Gasteiger partial charge < -0.3 is 4.79 Å². The lowest BCUT2D eigenvalue weighted by molar-refractivity contribution is -0.120. The summed E-state index contributed by atoms with van der Waals surface area (Å²) in [5.41, 5.74) is 2.02. The van der Waals surface area contributed by atoms with Crippen molar-refractivity contribution in [1.29, 1.82) is 0 Å². The molecule has 15 heavy (non-hydrogen) atoms. The van der Waals surface area contributed by atoms with Gasteiger partial charge in [-0.3, -0.25) is 4.68 Å². The van der Waals surface area contributed by atoms with E-state index in [-0.39, 0.29) is 5.41 Å². The number of aryl methyl sites for hydroxylation is 2. The van der Waals surface area contributed by atoms with Crippen molar-refractivity contribution >= 4 is 22.2 Å². The van der Waals surface area contributed by atoms with Crippen molar-refractivity contribution in [2.24, 2.45) is 12.5 Å². The average Bonchev–Trinajstić information content (AvgIpc) is 2.37. The summed E-state index contributed by atoms with van der Waals surface area (Å²) in [5.74, 6) is 0. The third-order valence-corrected chi connectivity index (χ3v) is 4.41. The highest BCUT2D eigenvalue weighted by Gasteiger charge is 2.38. The molecule has 0 aliphatic heterocycles. The summed E-state index contributed by atoms with van der Waals surface area (Å²) in [6.07, 6.45) is 5.16. The molecule has 0 aromatic carbocycles. The largest absolute Gasteiger partial charge is 0.303 e. The first-order valence-electron chi connectivity index (χ1n) is 5.22. The minimum atomic E-state index is -0.108. The van der Waals surface area contributed by atoms with Gasteiger partial charge in [-0.1, -0.05) is 6.42 Å². The molecule has 1 aromatic heterocycles. The maximum Gasteiger partial charge on any atom is 0.126 e. The number of halogens is 1. The van der Waals surface area contributed by atoms with Gasteiger partial charge in [-0.05, 0) is 35.7 Å². The van der Waals surface area contributed by atoms with Gasteiger partial charge >= 0.3 is 0 Å². The predicted octanol–water partition coefficient (Wildman–Crippen LogP) is 2.40. The number of aromatic nitrogens is 2. The highest BCUT2D eigenvalue weighted by atomic mass is 79.9. The molecule has 0 spiro atoms. The summed E-state index contributed by atoms with van der Waals surface area (Å²) < 4.78 is 2.93. The molecule has 0 amide bonds. The van der Waals surface area contributed by atoms with Crippen LogP contribution in [-0.2, 0) is 18.3 Å². The maximum atomic E-state index is 11.1. The van der Waals surface area contributed by atoms with Crippen molar-refractivity contribution < 1.29 is 4.79 Å². The van der Waals surface area contributed by atoms with E-state index in [2.05, 4.69) is 21.0 Å². The molecule has 1 aromatic rings. The Kier molecular flexibility index (Phi) is 2.71. The molecule has 1 aliphatic rings. The SMILES string of the molecule is Cc1nn(C)c(CC2(C=O)CCC2)c1Br. The van der Waals surface area contributed by atoms with E-state index in [1.165, 1.54) is 6.42 Å². The van der Waals surface area contributed by atoms with Gasteiger partial charge in [-0.2, -0.15) is 5.10 Å². The molecule has 82 valence electrons. The summed E-state index contributed by atoms with van der Waals surface area (Å²) in [7, 11) is 1.93. The molecule has 0 N–H and O–H groups in total. The zero-order chi connectivity index (χ0) is 11.1. The van der Waals surface area contributed by atoms with Crippen LogP contribution in [0.4, 0.5) is 0 Å². The van der Waals surface area contributed by atoms with E-state index >= 15 is 0 Å². The van der Waals surface area contributed by atoms with Crippen LogP contribution >= 0.6 is 15.9 Å². The molecule has 2 rings (SSSR count). The van der Waals surface area contributed by atoms with Crippen molar-refractivity contribution in [2.75, 3.05) is 0 Å². The van der Waals surface area contributed by atoms with Crippen LogP contribution in [0.2, 0.25) is 0 Å². The smallest absolute Gasteiger partial charge is 0.126 e. The van der Waals surface area contributed by atoms with Gasteiger partial charge in [-0.15, -0.1) is 0 Å².